The van der Waals surface area contributed by atoms with E-state index in [1.54, 1.807) is 17.9 Å². The first-order valence-electron chi connectivity index (χ1n) is 7.43. The molecule has 0 radical (unpaired) electrons. The third kappa shape index (κ3) is 2.17. The Balaban J connectivity index is 1.89. The molecule has 0 aliphatic heterocycles. The summed E-state index contributed by atoms with van der Waals surface area (Å²) in [5.41, 5.74) is 6.71. The molecule has 0 amide bonds. The van der Waals surface area contributed by atoms with Crippen LogP contribution in [0.5, 0.6) is 0 Å². The number of hydrogen-bond donors (Lipinski definition) is 2. The fourth-order valence-corrected chi connectivity index (χ4v) is 2.92. The van der Waals surface area contributed by atoms with Crippen molar-refractivity contribution in [2.45, 2.75) is 6.92 Å². The van der Waals surface area contributed by atoms with Crippen LogP contribution in [0.15, 0.2) is 53.6 Å². The third-order valence-corrected chi connectivity index (χ3v) is 4.12. The molecule has 5 nitrogen and oxygen atoms in total. The molecule has 23 heavy (non-hydrogen) atoms. The van der Waals surface area contributed by atoms with E-state index in [9.17, 15) is 4.79 Å². The SMILES string of the molecule is Cc1cccc(-c2nc[nH]c2-c2ccc3c(c2)[nH]c(=O)n3C)c1. The average Bonchev–Trinajstić information content (AvgIpc) is 3.13. The number of nitrogens with one attached hydrogen (secondary N) is 2. The lowest BCUT2D eigenvalue weighted by Crippen LogP contribution is -2.11. The maximum atomic E-state index is 11.7. The molecule has 2 heterocycles. The van der Waals surface area contributed by atoms with Crippen molar-refractivity contribution in [2.75, 3.05) is 0 Å². The third-order valence-electron chi connectivity index (χ3n) is 4.12. The van der Waals surface area contributed by atoms with Crippen molar-refractivity contribution < 1.29 is 0 Å². The minimum Gasteiger partial charge on any atom is -0.344 e. The van der Waals surface area contributed by atoms with Crippen LogP contribution in [0.2, 0.25) is 0 Å². The van der Waals surface area contributed by atoms with Crippen LogP contribution < -0.4 is 5.69 Å². The van der Waals surface area contributed by atoms with Crippen LogP contribution in [0.1, 0.15) is 5.56 Å². The Labute approximate surface area is 132 Å². The van der Waals surface area contributed by atoms with Gasteiger partial charge in [0.25, 0.3) is 0 Å². The number of benzene rings is 2. The predicted octanol–water partition coefficient (Wildman–Crippen LogP) is 3.23. The van der Waals surface area contributed by atoms with E-state index in [0.29, 0.717) is 0 Å². The Morgan fingerprint density at radius 1 is 1.09 bits per heavy atom. The Kier molecular flexibility index (Phi) is 2.94. The van der Waals surface area contributed by atoms with Gasteiger partial charge in [-0.1, -0.05) is 29.8 Å². The molecule has 5 heteroatoms. The Morgan fingerprint density at radius 3 is 2.78 bits per heavy atom. The lowest BCUT2D eigenvalue weighted by atomic mass is 10.0. The molecule has 2 aromatic carbocycles. The van der Waals surface area contributed by atoms with Crippen LogP contribution in [-0.2, 0) is 7.05 Å². The molecule has 0 saturated heterocycles. The maximum absolute atomic E-state index is 11.7. The maximum Gasteiger partial charge on any atom is 0.326 e. The molecular weight excluding hydrogens is 288 g/mol. The summed E-state index contributed by atoms with van der Waals surface area (Å²) >= 11 is 0. The molecule has 114 valence electrons. The minimum absolute atomic E-state index is 0.110. The first kappa shape index (κ1) is 13.6. The zero-order valence-electron chi connectivity index (χ0n) is 12.9. The second-order valence-corrected chi connectivity index (χ2v) is 5.72. The summed E-state index contributed by atoms with van der Waals surface area (Å²) in [5.74, 6) is 0. The van der Waals surface area contributed by atoms with Gasteiger partial charge in [0.1, 0.15) is 0 Å². The van der Waals surface area contributed by atoms with Crippen molar-refractivity contribution in [2.24, 2.45) is 7.05 Å². The van der Waals surface area contributed by atoms with Gasteiger partial charge in [0.2, 0.25) is 0 Å². The van der Waals surface area contributed by atoms with Crippen LogP contribution in [0.3, 0.4) is 0 Å². The summed E-state index contributed by atoms with van der Waals surface area (Å²) in [5, 5.41) is 0. The first-order chi connectivity index (χ1) is 11.1. The topological polar surface area (TPSA) is 66.5 Å². The minimum atomic E-state index is -0.110. The molecule has 4 aromatic rings. The van der Waals surface area contributed by atoms with Crippen molar-refractivity contribution in [3.63, 3.8) is 0 Å². The fraction of sp³-hybridized carbons (Fsp3) is 0.111. The van der Waals surface area contributed by atoms with Gasteiger partial charge in [0.05, 0.1) is 28.7 Å². The summed E-state index contributed by atoms with van der Waals surface area (Å²) in [4.78, 5) is 22.3. The van der Waals surface area contributed by atoms with Crippen molar-refractivity contribution in [1.82, 2.24) is 19.5 Å². The zero-order chi connectivity index (χ0) is 16.0. The van der Waals surface area contributed by atoms with Crippen molar-refractivity contribution in [1.29, 1.82) is 0 Å². The smallest absolute Gasteiger partial charge is 0.326 e. The van der Waals surface area contributed by atoms with Crippen LogP contribution in [0.4, 0.5) is 0 Å². The number of imidazole rings is 2. The molecule has 2 N–H and O–H groups in total. The Bertz CT molecular complexity index is 1070. The van der Waals surface area contributed by atoms with Gasteiger partial charge in [-0.3, -0.25) is 4.57 Å². The number of nitrogens with zero attached hydrogens (tertiary/aromatic N) is 2. The number of aromatic nitrogens is 4. The van der Waals surface area contributed by atoms with Crippen LogP contribution in [0, 0.1) is 6.92 Å². The average molecular weight is 304 g/mol. The van der Waals surface area contributed by atoms with Gasteiger partial charge in [0, 0.05) is 18.2 Å². The molecule has 0 aliphatic carbocycles. The summed E-state index contributed by atoms with van der Waals surface area (Å²) in [6, 6.07) is 14.2. The van der Waals surface area contributed by atoms with E-state index in [-0.39, 0.29) is 5.69 Å². The van der Waals surface area contributed by atoms with E-state index in [0.717, 1.165) is 33.5 Å². The highest BCUT2D eigenvalue weighted by Crippen LogP contribution is 2.30. The highest BCUT2D eigenvalue weighted by Gasteiger charge is 2.12. The van der Waals surface area contributed by atoms with Gasteiger partial charge in [0.15, 0.2) is 0 Å². The number of fused-ring (bicyclic) bond motifs is 1. The molecule has 0 atom stereocenters. The summed E-state index contributed by atoms with van der Waals surface area (Å²) in [6.07, 6.45) is 1.70. The molecular formula is C18H16N4O. The van der Waals surface area contributed by atoms with E-state index >= 15 is 0 Å². The van der Waals surface area contributed by atoms with Gasteiger partial charge in [-0.25, -0.2) is 9.78 Å². The Hall–Kier alpha value is -3.08. The predicted molar refractivity (Wildman–Crippen MR) is 91.3 cm³/mol. The van der Waals surface area contributed by atoms with E-state index in [2.05, 4.69) is 40.1 Å². The quantitative estimate of drug-likeness (QED) is 0.597. The zero-order valence-corrected chi connectivity index (χ0v) is 12.9. The highest BCUT2D eigenvalue weighted by molar-refractivity contribution is 5.85. The monoisotopic (exact) mass is 304 g/mol. The molecule has 0 saturated carbocycles. The summed E-state index contributed by atoms with van der Waals surface area (Å²) in [6.45, 7) is 2.07. The number of hydrogen-bond acceptors (Lipinski definition) is 2. The Morgan fingerprint density at radius 2 is 1.96 bits per heavy atom. The second-order valence-electron chi connectivity index (χ2n) is 5.72. The first-order valence-corrected chi connectivity index (χ1v) is 7.43. The molecule has 0 unspecified atom stereocenters. The van der Waals surface area contributed by atoms with Gasteiger partial charge in [-0.05, 0) is 25.1 Å². The largest absolute Gasteiger partial charge is 0.344 e. The van der Waals surface area contributed by atoms with Gasteiger partial charge >= 0.3 is 5.69 Å². The van der Waals surface area contributed by atoms with E-state index in [1.807, 2.05) is 24.3 Å². The number of aryl methyl sites for hydroxylation is 2. The van der Waals surface area contributed by atoms with Gasteiger partial charge in [-0.2, -0.15) is 0 Å². The number of aromatic amines is 2. The van der Waals surface area contributed by atoms with Crippen LogP contribution in [0.25, 0.3) is 33.5 Å². The summed E-state index contributed by atoms with van der Waals surface area (Å²) in [7, 11) is 1.76. The number of rotatable bonds is 2. The summed E-state index contributed by atoms with van der Waals surface area (Å²) < 4.78 is 1.60. The van der Waals surface area contributed by atoms with Crippen molar-refractivity contribution in [3.05, 3.63) is 64.8 Å². The lowest BCUT2D eigenvalue weighted by Gasteiger charge is -2.05. The van der Waals surface area contributed by atoms with Crippen LogP contribution >= 0.6 is 0 Å². The molecule has 0 aliphatic rings. The second kappa shape index (κ2) is 4.98. The van der Waals surface area contributed by atoms with E-state index in [1.165, 1.54) is 5.56 Å². The van der Waals surface area contributed by atoms with Crippen LogP contribution in [-0.4, -0.2) is 19.5 Å². The lowest BCUT2D eigenvalue weighted by molar-refractivity contribution is 0.891. The standard InChI is InChI=1S/C18H16N4O/c1-11-4-3-5-12(8-11)16-17(20-10-19-16)13-6-7-15-14(9-13)21-18(23)22(15)2/h3-10H,1-2H3,(H,19,20)(H,21,23). The van der Waals surface area contributed by atoms with E-state index < -0.39 is 0 Å². The highest BCUT2D eigenvalue weighted by atomic mass is 16.1. The van der Waals surface area contributed by atoms with Gasteiger partial charge in [-0.15, -0.1) is 0 Å². The normalized spacial score (nSPS) is 11.2. The van der Waals surface area contributed by atoms with Gasteiger partial charge < -0.3 is 9.97 Å². The fourth-order valence-electron chi connectivity index (χ4n) is 2.92. The van der Waals surface area contributed by atoms with Crippen molar-refractivity contribution in [3.8, 4) is 22.5 Å². The molecule has 4 rings (SSSR count). The molecule has 0 bridgehead atoms. The van der Waals surface area contributed by atoms with E-state index in [4.69, 9.17) is 0 Å². The number of H-pyrrole nitrogens is 2. The molecule has 0 spiro atoms. The molecule has 0 fully saturated rings. The molecule has 2 aromatic heterocycles. The van der Waals surface area contributed by atoms with Crippen molar-refractivity contribution >= 4 is 11.0 Å².